The van der Waals surface area contributed by atoms with Gasteiger partial charge in [0.25, 0.3) is 0 Å². The monoisotopic (exact) mass is 352 g/mol. The van der Waals surface area contributed by atoms with Crippen molar-refractivity contribution in [1.29, 1.82) is 0 Å². The first-order valence-electron chi connectivity index (χ1n) is 5.82. The summed E-state index contributed by atoms with van der Waals surface area (Å²) in [5.74, 6) is 0.524. The van der Waals surface area contributed by atoms with Crippen molar-refractivity contribution in [3.05, 3.63) is 12.2 Å². The molecule has 0 heterocycles. The molecule has 0 atom stereocenters. The summed E-state index contributed by atoms with van der Waals surface area (Å²) in [5, 5.41) is 3.05. The number of nitrogens with one attached hydrogen (secondary N) is 1. The van der Waals surface area contributed by atoms with Gasteiger partial charge in [-0.15, -0.1) is 24.0 Å². The van der Waals surface area contributed by atoms with Gasteiger partial charge in [0.1, 0.15) is 0 Å². The van der Waals surface area contributed by atoms with Gasteiger partial charge in [0.05, 0.1) is 6.54 Å². The van der Waals surface area contributed by atoms with Crippen LogP contribution in [-0.4, -0.2) is 43.6 Å². The molecule has 0 unspecified atom stereocenters. The first kappa shape index (κ1) is 16.7. The van der Waals surface area contributed by atoms with Gasteiger partial charge in [0.2, 0.25) is 0 Å². The minimum absolute atomic E-state index is 0. The van der Waals surface area contributed by atoms with Gasteiger partial charge in [0.15, 0.2) is 5.96 Å². The van der Waals surface area contributed by atoms with E-state index in [1.807, 2.05) is 6.92 Å². The molecule has 0 saturated heterocycles. The van der Waals surface area contributed by atoms with Crippen LogP contribution in [0.4, 0.5) is 0 Å². The van der Waals surface area contributed by atoms with Crippen molar-refractivity contribution in [1.82, 2.24) is 10.2 Å². The molecule has 3 N–H and O–H groups in total. The Balaban J connectivity index is 0.00000256. The van der Waals surface area contributed by atoms with E-state index in [0.29, 0.717) is 12.5 Å². The van der Waals surface area contributed by atoms with Crippen LogP contribution in [0, 0.1) is 0 Å². The van der Waals surface area contributed by atoms with Crippen molar-refractivity contribution < 1.29 is 0 Å². The Hall–Kier alpha value is -0.300. The highest BCUT2D eigenvalue weighted by atomic mass is 127. The number of halogens is 1. The number of hydrogen-bond acceptors (Lipinski definition) is 2. The molecular weight excluding hydrogens is 327 g/mol. The van der Waals surface area contributed by atoms with Crippen LogP contribution in [0.25, 0.3) is 0 Å². The smallest absolute Gasteiger partial charge is 0.188 e. The van der Waals surface area contributed by atoms with E-state index in [2.05, 4.69) is 35.9 Å². The third-order valence-corrected chi connectivity index (χ3v) is 3.35. The fourth-order valence-electron chi connectivity index (χ4n) is 1.86. The second-order valence-corrected chi connectivity index (χ2v) is 4.98. The lowest BCUT2D eigenvalue weighted by atomic mass is 9.76. The molecule has 1 saturated carbocycles. The van der Waals surface area contributed by atoms with Gasteiger partial charge in [0, 0.05) is 12.1 Å². The summed E-state index contributed by atoms with van der Waals surface area (Å²) in [6, 6.07) is 0. The molecule has 5 heteroatoms. The fourth-order valence-corrected chi connectivity index (χ4v) is 1.86. The minimum atomic E-state index is 0. The first-order valence-corrected chi connectivity index (χ1v) is 5.82. The van der Waals surface area contributed by atoms with E-state index in [1.54, 1.807) is 0 Å². The highest BCUT2D eigenvalue weighted by Gasteiger charge is 2.38. The lowest BCUT2D eigenvalue weighted by Crippen LogP contribution is -2.53. The zero-order valence-electron chi connectivity index (χ0n) is 11.1. The third kappa shape index (κ3) is 4.83. The Morgan fingerprint density at radius 2 is 2.06 bits per heavy atom. The molecule has 0 spiro atoms. The van der Waals surface area contributed by atoms with E-state index in [-0.39, 0.29) is 29.5 Å². The highest BCUT2D eigenvalue weighted by Crippen LogP contribution is 2.36. The summed E-state index contributed by atoms with van der Waals surface area (Å²) in [4.78, 5) is 6.68. The van der Waals surface area contributed by atoms with Crippen molar-refractivity contribution in [2.75, 3.05) is 27.2 Å². The molecule has 100 valence electrons. The maximum Gasteiger partial charge on any atom is 0.188 e. The van der Waals surface area contributed by atoms with Crippen LogP contribution in [0.5, 0.6) is 0 Å². The van der Waals surface area contributed by atoms with Crippen LogP contribution in [0.15, 0.2) is 17.1 Å². The molecule has 0 aromatic heterocycles. The average molecular weight is 352 g/mol. The molecular formula is C12H25IN4. The van der Waals surface area contributed by atoms with E-state index in [1.165, 1.54) is 19.3 Å². The van der Waals surface area contributed by atoms with Gasteiger partial charge in [-0.2, -0.15) is 0 Å². The summed E-state index contributed by atoms with van der Waals surface area (Å²) in [7, 11) is 4.23. The Morgan fingerprint density at radius 1 is 1.47 bits per heavy atom. The number of nitrogens with two attached hydrogens (primary N) is 1. The van der Waals surface area contributed by atoms with Crippen molar-refractivity contribution in [2.24, 2.45) is 10.7 Å². The number of rotatable bonds is 5. The molecule has 1 rings (SSSR count). The van der Waals surface area contributed by atoms with Crippen molar-refractivity contribution >= 4 is 29.9 Å². The Morgan fingerprint density at radius 3 is 2.41 bits per heavy atom. The Kier molecular flexibility index (Phi) is 7.08. The van der Waals surface area contributed by atoms with Crippen LogP contribution < -0.4 is 11.1 Å². The SMILES string of the molecule is C=C(C)CNC(N)=NCC1(N(C)C)CCC1.I. The summed E-state index contributed by atoms with van der Waals surface area (Å²) in [6.45, 7) is 7.26. The summed E-state index contributed by atoms with van der Waals surface area (Å²) in [6.07, 6.45) is 3.74. The van der Waals surface area contributed by atoms with E-state index in [0.717, 1.165) is 12.1 Å². The van der Waals surface area contributed by atoms with E-state index >= 15 is 0 Å². The van der Waals surface area contributed by atoms with Gasteiger partial charge in [-0.1, -0.05) is 12.2 Å². The maximum atomic E-state index is 5.79. The van der Waals surface area contributed by atoms with Crippen LogP contribution in [-0.2, 0) is 0 Å². The predicted octanol–water partition coefficient (Wildman–Crippen LogP) is 1.57. The second-order valence-electron chi connectivity index (χ2n) is 4.98. The van der Waals surface area contributed by atoms with Crippen LogP contribution in [0.1, 0.15) is 26.2 Å². The topological polar surface area (TPSA) is 53.6 Å². The van der Waals surface area contributed by atoms with Gasteiger partial charge < -0.3 is 16.0 Å². The van der Waals surface area contributed by atoms with Gasteiger partial charge >= 0.3 is 0 Å². The molecule has 0 radical (unpaired) electrons. The van der Waals surface area contributed by atoms with Gasteiger partial charge in [-0.05, 0) is 40.3 Å². The molecule has 1 fully saturated rings. The molecule has 0 aromatic carbocycles. The normalized spacial score (nSPS) is 18.2. The lowest BCUT2D eigenvalue weighted by Gasteiger charge is -2.46. The van der Waals surface area contributed by atoms with E-state index in [4.69, 9.17) is 5.73 Å². The largest absolute Gasteiger partial charge is 0.370 e. The standard InChI is InChI=1S/C12H24N4.HI/c1-10(2)8-14-11(13)15-9-12(16(3)4)6-5-7-12;/h1,5-9H2,2-4H3,(H3,13,14,15);1H. The summed E-state index contributed by atoms with van der Waals surface area (Å²) >= 11 is 0. The van der Waals surface area contributed by atoms with Gasteiger partial charge in [-0.3, -0.25) is 4.99 Å². The Labute approximate surface area is 122 Å². The van der Waals surface area contributed by atoms with Crippen LogP contribution >= 0.6 is 24.0 Å². The molecule has 4 nitrogen and oxygen atoms in total. The summed E-state index contributed by atoms with van der Waals surface area (Å²) < 4.78 is 0. The minimum Gasteiger partial charge on any atom is -0.370 e. The molecule has 1 aliphatic rings. The van der Waals surface area contributed by atoms with E-state index < -0.39 is 0 Å². The number of guanidine groups is 1. The second kappa shape index (κ2) is 7.20. The maximum absolute atomic E-state index is 5.79. The zero-order valence-corrected chi connectivity index (χ0v) is 13.5. The molecule has 0 bridgehead atoms. The summed E-state index contributed by atoms with van der Waals surface area (Å²) in [5.41, 5.74) is 7.09. The number of hydrogen-bond donors (Lipinski definition) is 2. The molecule has 17 heavy (non-hydrogen) atoms. The van der Waals surface area contributed by atoms with E-state index in [9.17, 15) is 0 Å². The number of likely N-dealkylation sites (N-methyl/N-ethyl adjacent to an activating group) is 1. The van der Waals surface area contributed by atoms with Crippen molar-refractivity contribution in [2.45, 2.75) is 31.7 Å². The number of aliphatic imine (C=N–C) groups is 1. The predicted molar refractivity (Wildman–Crippen MR) is 85.0 cm³/mol. The molecule has 0 amide bonds. The molecule has 0 aliphatic heterocycles. The van der Waals surface area contributed by atoms with Gasteiger partial charge in [-0.25, -0.2) is 0 Å². The molecule has 0 aromatic rings. The fraction of sp³-hybridized carbons (Fsp3) is 0.750. The van der Waals surface area contributed by atoms with Crippen LogP contribution in [0.3, 0.4) is 0 Å². The lowest BCUT2D eigenvalue weighted by molar-refractivity contribution is 0.0699. The Bertz CT molecular complexity index is 282. The average Bonchev–Trinajstić information content (AvgIpc) is 2.12. The highest BCUT2D eigenvalue weighted by molar-refractivity contribution is 14.0. The van der Waals surface area contributed by atoms with Crippen molar-refractivity contribution in [3.8, 4) is 0 Å². The van der Waals surface area contributed by atoms with Crippen LogP contribution in [0.2, 0.25) is 0 Å². The zero-order chi connectivity index (χ0) is 12.2. The first-order chi connectivity index (χ1) is 7.46. The molecule has 1 aliphatic carbocycles. The quantitative estimate of drug-likeness (QED) is 0.342. The number of nitrogens with zero attached hydrogens (tertiary/aromatic N) is 2. The third-order valence-electron chi connectivity index (χ3n) is 3.35. The van der Waals surface area contributed by atoms with Crippen molar-refractivity contribution in [3.63, 3.8) is 0 Å².